The maximum absolute atomic E-state index is 13.0. The van der Waals surface area contributed by atoms with E-state index in [1.54, 1.807) is 0 Å². The number of allylic oxidation sites excluding steroid dienone is 14. The Labute approximate surface area is 425 Å². The van der Waals surface area contributed by atoms with Gasteiger partial charge < -0.3 is 64.2 Å². The van der Waals surface area contributed by atoms with E-state index in [2.05, 4.69) is 86.8 Å². The molecule has 2 aliphatic rings. The Hall–Kier alpha value is -3.32. The van der Waals surface area contributed by atoms with Gasteiger partial charge >= 0.3 is 11.9 Å². The Balaban J connectivity index is 1.83. The van der Waals surface area contributed by atoms with Gasteiger partial charge in [0.05, 0.1) is 19.8 Å². The fourth-order valence-electron chi connectivity index (χ4n) is 7.75. The molecule has 0 aliphatic carbocycles. The summed E-state index contributed by atoms with van der Waals surface area (Å²) in [4.78, 5) is 25.8. The van der Waals surface area contributed by atoms with E-state index in [9.17, 15) is 45.3 Å². The second-order valence-corrected chi connectivity index (χ2v) is 18.3. The quantitative estimate of drug-likeness (QED) is 0.0175. The molecule has 11 atom stereocenters. The molecule has 7 N–H and O–H groups in total. The standard InChI is InChI=1S/C56H92O15/c1-3-5-7-9-11-13-15-17-19-21-23-24-26-28-30-32-34-36-38-47(58)66-41-44(69-48(59)39-37-35-33-31-29-27-25-22-20-18-16-14-12-10-8-6-4-2)42-67-55-54(65)52(63)50(61)46(71-55)43-68-56-53(64)51(62)49(60)45(40-57)70-56/h6,8,12-15,18-21,25,27,31,33,44-46,49-57,60-65H,3-5,7,9-11,16-17,22-24,26,28-30,32,34-43H2,1-2H3/b8-6-,14-12-,15-13-,20-18-,21-19-,27-25-,33-31-. The van der Waals surface area contributed by atoms with Gasteiger partial charge in [0.2, 0.25) is 0 Å². The average Bonchev–Trinajstić information content (AvgIpc) is 3.36. The number of carbonyl (C=O) groups excluding carboxylic acids is 2. The normalized spacial score (nSPS) is 25.9. The number of unbranched alkanes of at least 4 members (excludes halogenated alkanes) is 12. The molecule has 0 aromatic rings. The molecule has 0 aromatic heterocycles. The van der Waals surface area contributed by atoms with Crippen molar-refractivity contribution in [3.63, 3.8) is 0 Å². The van der Waals surface area contributed by atoms with Crippen LogP contribution >= 0.6 is 0 Å². The smallest absolute Gasteiger partial charge is 0.306 e. The third kappa shape index (κ3) is 29.8. The van der Waals surface area contributed by atoms with Crippen LogP contribution in [0.15, 0.2) is 85.1 Å². The lowest BCUT2D eigenvalue weighted by atomic mass is 9.98. The molecule has 11 unspecified atom stereocenters. The summed E-state index contributed by atoms with van der Waals surface area (Å²) in [6, 6.07) is 0. The van der Waals surface area contributed by atoms with E-state index < -0.39 is 99.3 Å². The average molecular weight is 1010 g/mol. The third-order valence-corrected chi connectivity index (χ3v) is 12.1. The zero-order chi connectivity index (χ0) is 51.7. The van der Waals surface area contributed by atoms with Crippen molar-refractivity contribution in [1.82, 2.24) is 0 Å². The molecule has 2 saturated heterocycles. The van der Waals surface area contributed by atoms with Crippen molar-refractivity contribution in [2.24, 2.45) is 0 Å². The van der Waals surface area contributed by atoms with Gasteiger partial charge in [-0.2, -0.15) is 0 Å². The molecule has 71 heavy (non-hydrogen) atoms. The topological polar surface area (TPSA) is 231 Å². The van der Waals surface area contributed by atoms with Gasteiger partial charge in [-0.05, 0) is 83.5 Å². The van der Waals surface area contributed by atoms with E-state index in [0.717, 1.165) is 77.0 Å². The molecule has 2 fully saturated rings. The predicted molar refractivity (Wildman–Crippen MR) is 275 cm³/mol. The van der Waals surface area contributed by atoms with Crippen molar-refractivity contribution in [2.75, 3.05) is 26.4 Å². The van der Waals surface area contributed by atoms with Gasteiger partial charge in [-0.1, -0.05) is 150 Å². The van der Waals surface area contributed by atoms with Gasteiger partial charge in [0, 0.05) is 12.8 Å². The molecule has 2 aliphatic heterocycles. The minimum absolute atomic E-state index is 0.0805. The van der Waals surface area contributed by atoms with Crippen molar-refractivity contribution in [3.8, 4) is 0 Å². The molecular formula is C56H92O15. The van der Waals surface area contributed by atoms with Crippen LogP contribution in [0.25, 0.3) is 0 Å². The summed E-state index contributed by atoms with van der Waals surface area (Å²) in [5, 5.41) is 72.1. The van der Waals surface area contributed by atoms with Crippen molar-refractivity contribution >= 4 is 11.9 Å². The van der Waals surface area contributed by atoms with E-state index in [0.29, 0.717) is 19.3 Å². The Bertz CT molecular complexity index is 1560. The van der Waals surface area contributed by atoms with Crippen LogP contribution in [0.1, 0.15) is 162 Å². The van der Waals surface area contributed by atoms with Crippen molar-refractivity contribution in [3.05, 3.63) is 85.1 Å². The maximum Gasteiger partial charge on any atom is 0.306 e. The third-order valence-electron chi connectivity index (χ3n) is 12.1. The highest BCUT2D eigenvalue weighted by atomic mass is 16.7. The van der Waals surface area contributed by atoms with Gasteiger partial charge in [0.1, 0.15) is 55.4 Å². The summed E-state index contributed by atoms with van der Waals surface area (Å²) < 4.78 is 33.5. The molecule has 2 rings (SSSR count). The fourth-order valence-corrected chi connectivity index (χ4v) is 7.75. The van der Waals surface area contributed by atoms with Crippen LogP contribution in [0.4, 0.5) is 0 Å². The van der Waals surface area contributed by atoms with Crippen LogP contribution in [-0.4, -0.2) is 142 Å². The molecule has 0 amide bonds. The minimum Gasteiger partial charge on any atom is -0.462 e. The van der Waals surface area contributed by atoms with E-state index in [1.165, 1.54) is 38.5 Å². The first kappa shape index (κ1) is 63.8. The summed E-state index contributed by atoms with van der Waals surface area (Å²) in [6.45, 7) is 2.38. The Morgan fingerprint density at radius 3 is 1.44 bits per heavy atom. The number of esters is 2. The van der Waals surface area contributed by atoms with Crippen LogP contribution in [0.3, 0.4) is 0 Å². The van der Waals surface area contributed by atoms with Crippen molar-refractivity contribution < 1.29 is 73.8 Å². The molecule has 15 nitrogen and oxygen atoms in total. The minimum atomic E-state index is -1.78. The number of hydrogen-bond donors (Lipinski definition) is 7. The summed E-state index contributed by atoms with van der Waals surface area (Å²) >= 11 is 0. The number of rotatable bonds is 40. The second-order valence-electron chi connectivity index (χ2n) is 18.3. The van der Waals surface area contributed by atoms with Crippen LogP contribution in [0, 0.1) is 0 Å². The van der Waals surface area contributed by atoms with E-state index in [-0.39, 0.29) is 19.4 Å². The van der Waals surface area contributed by atoms with E-state index >= 15 is 0 Å². The van der Waals surface area contributed by atoms with Gasteiger partial charge in [-0.3, -0.25) is 9.59 Å². The SMILES string of the molecule is CC/C=C\C/C=C\C/C=C\C/C=C\C/C=C\CCCC(=O)OC(COC(=O)CCCCCCCCC/C=C\C/C=C\CCCCCC)COC1OC(COC2OC(CO)C(O)C(O)C2O)C(O)C(O)C1O. The second kappa shape index (κ2) is 42.1. The number of aliphatic hydroxyl groups excluding tert-OH is 7. The lowest BCUT2D eigenvalue weighted by Crippen LogP contribution is -2.61. The van der Waals surface area contributed by atoms with Gasteiger partial charge in [-0.15, -0.1) is 0 Å². The van der Waals surface area contributed by atoms with E-state index in [4.69, 9.17) is 28.4 Å². The zero-order valence-electron chi connectivity index (χ0n) is 42.9. The first-order chi connectivity index (χ1) is 34.5. The molecule has 0 spiro atoms. The summed E-state index contributed by atoms with van der Waals surface area (Å²) in [7, 11) is 0. The van der Waals surface area contributed by atoms with Crippen molar-refractivity contribution in [2.45, 2.75) is 229 Å². The highest BCUT2D eigenvalue weighted by Crippen LogP contribution is 2.26. The molecule has 0 saturated carbocycles. The molecule has 0 radical (unpaired) electrons. The lowest BCUT2D eigenvalue weighted by molar-refractivity contribution is -0.332. The monoisotopic (exact) mass is 1000 g/mol. The Kier molecular flexibility index (Phi) is 37.8. The van der Waals surface area contributed by atoms with Crippen LogP contribution in [0.5, 0.6) is 0 Å². The summed E-state index contributed by atoms with van der Waals surface area (Å²) in [5.74, 6) is -1.01. The molecule has 15 heteroatoms. The maximum atomic E-state index is 13.0. The van der Waals surface area contributed by atoms with Crippen molar-refractivity contribution in [1.29, 1.82) is 0 Å². The molecular weight excluding hydrogens is 913 g/mol. The molecule has 406 valence electrons. The number of carbonyl (C=O) groups is 2. The van der Waals surface area contributed by atoms with Crippen LogP contribution in [-0.2, 0) is 38.0 Å². The molecule has 2 heterocycles. The lowest BCUT2D eigenvalue weighted by Gasteiger charge is -2.42. The summed E-state index contributed by atoms with van der Waals surface area (Å²) in [5.41, 5.74) is 0. The fraction of sp³-hybridized carbons (Fsp3) is 0.714. The van der Waals surface area contributed by atoms with Crippen LogP contribution < -0.4 is 0 Å². The van der Waals surface area contributed by atoms with Gasteiger partial charge in [-0.25, -0.2) is 0 Å². The first-order valence-corrected chi connectivity index (χ1v) is 26.7. The van der Waals surface area contributed by atoms with Crippen LogP contribution in [0.2, 0.25) is 0 Å². The first-order valence-electron chi connectivity index (χ1n) is 26.7. The number of aliphatic hydroxyl groups is 7. The molecule has 0 aromatic carbocycles. The number of hydrogen-bond acceptors (Lipinski definition) is 15. The Morgan fingerprint density at radius 2 is 0.901 bits per heavy atom. The number of ether oxygens (including phenoxy) is 6. The Morgan fingerprint density at radius 1 is 0.465 bits per heavy atom. The van der Waals surface area contributed by atoms with Gasteiger partial charge in [0.25, 0.3) is 0 Å². The summed E-state index contributed by atoms with van der Waals surface area (Å²) in [6.07, 6.45) is 34.7. The highest BCUT2D eigenvalue weighted by molar-refractivity contribution is 5.70. The predicted octanol–water partition coefficient (Wildman–Crippen LogP) is 7.99. The zero-order valence-corrected chi connectivity index (χ0v) is 42.9. The van der Waals surface area contributed by atoms with Gasteiger partial charge in [0.15, 0.2) is 18.7 Å². The largest absolute Gasteiger partial charge is 0.462 e. The highest BCUT2D eigenvalue weighted by Gasteiger charge is 2.47. The van der Waals surface area contributed by atoms with E-state index in [1.807, 2.05) is 12.2 Å². The molecule has 0 bridgehead atoms.